The molecule has 8 nitrogen and oxygen atoms in total. The van der Waals surface area contributed by atoms with Gasteiger partial charge in [-0.3, -0.25) is 9.59 Å². The molecule has 2 aromatic carbocycles. The maximum Gasteiger partial charge on any atom is 0.418 e. The summed E-state index contributed by atoms with van der Waals surface area (Å²) < 4.78 is 113. The first-order chi connectivity index (χ1) is 26.6. The Labute approximate surface area is 341 Å². The molecule has 15 heteroatoms. The fourth-order valence-electron chi connectivity index (χ4n) is 6.12. The molecule has 0 aromatic heterocycles. The lowest BCUT2D eigenvalue weighted by Crippen LogP contribution is -2.27. The van der Waals surface area contributed by atoms with Gasteiger partial charge in [0.25, 0.3) is 0 Å². The highest BCUT2D eigenvalue weighted by atomic mass is 32.2. The monoisotopic (exact) mass is 842 g/mol. The molecule has 316 valence electrons. The molecule has 0 saturated heterocycles. The largest absolute Gasteiger partial charge is 0.418 e. The first kappa shape index (κ1) is 46.6. The third-order valence-corrected chi connectivity index (χ3v) is 11.1. The number of halogens is 6. The second-order valence-electron chi connectivity index (χ2n) is 18.4. The molecule has 2 aliphatic carbocycles. The minimum Gasteiger partial charge on any atom is -0.289 e. The Morgan fingerprint density at radius 3 is 0.983 bits per heavy atom. The molecule has 0 heterocycles. The van der Waals surface area contributed by atoms with Crippen molar-refractivity contribution < 1.29 is 44.3 Å². The van der Waals surface area contributed by atoms with Crippen molar-refractivity contribution in [3.05, 3.63) is 118 Å². The molecule has 0 radical (unpaired) electrons. The normalized spacial score (nSPS) is 16.7. The first-order valence-electron chi connectivity index (χ1n) is 18.5. The molecule has 0 saturated carbocycles. The van der Waals surface area contributed by atoms with E-state index in [4.69, 9.17) is 0 Å². The number of benzene rings is 2. The van der Waals surface area contributed by atoms with Gasteiger partial charge in [0, 0.05) is 22.3 Å². The quantitative estimate of drug-likeness (QED) is 0.212. The number of nitrogens with zero attached hydrogens (tertiary/aromatic N) is 4. The summed E-state index contributed by atoms with van der Waals surface area (Å²) in [5.74, 6) is -0.327. The molecule has 2 aromatic rings. The number of hydrogen-bond acceptors (Lipinski definition) is 8. The maximum atomic E-state index is 14.3. The Kier molecular flexibility index (Phi) is 12.5. The van der Waals surface area contributed by atoms with E-state index in [1.807, 2.05) is 83.1 Å². The highest BCUT2D eigenvalue weighted by Gasteiger charge is 2.39. The van der Waals surface area contributed by atoms with Crippen LogP contribution in [0.1, 0.15) is 94.2 Å². The van der Waals surface area contributed by atoms with Gasteiger partial charge < -0.3 is 0 Å². The van der Waals surface area contributed by atoms with Gasteiger partial charge in [-0.2, -0.15) is 46.8 Å². The first-order valence-corrected chi connectivity index (χ1v) is 20.0. The zero-order valence-corrected chi connectivity index (χ0v) is 35.8. The van der Waals surface area contributed by atoms with Gasteiger partial charge in [0.1, 0.15) is 0 Å². The van der Waals surface area contributed by atoms with E-state index in [2.05, 4.69) is 20.5 Å². The fraction of sp³-hybridized carbons (Fsp3) is 0.409. The molecule has 4 rings (SSSR count). The number of sulfone groups is 1. The van der Waals surface area contributed by atoms with Gasteiger partial charge in [0.2, 0.25) is 9.84 Å². The zero-order valence-electron chi connectivity index (χ0n) is 35.0. The van der Waals surface area contributed by atoms with Crippen LogP contribution in [0.5, 0.6) is 0 Å². The van der Waals surface area contributed by atoms with Crippen LogP contribution in [0.15, 0.2) is 137 Å². The lowest BCUT2D eigenvalue weighted by molar-refractivity contribution is -0.138. The van der Waals surface area contributed by atoms with Crippen molar-refractivity contribution in [3.63, 3.8) is 0 Å². The number of ketones is 2. The van der Waals surface area contributed by atoms with Crippen molar-refractivity contribution in [2.75, 3.05) is 0 Å². The Balaban J connectivity index is 1.74. The van der Waals surface area contributed by atoms with Crippen LogP contribution in [0.2, 0.25) is 0 Å². The van der Waals surface area contributed by atoms with E-state index in [9.17, 15) is 44.3 Å². The second kappa shape index (κ2) is 15.9. The number of carbonyl (C=O) groups excluding carboxylic acids is 2. The summed E-state index contributed by atoms with van der Waals surface area (Å²) in [5, 5.41) is 15.1. The van der Waals surface area contributed by atoms with Crippen molar-refractivity contribution in [1.82, 2.24) is 0 Å². The van der Waals surface area contributed by atoms with Gasteiger partial charge in [0.05, 0.1) is 44.7 Å². The molecule has 0 bridgehead atoms. The predicted molar refractivity (Wildman–Crippen MR) is 214 cm³/mol. The van der Waals surface area contributed by atoms with Crippen molar-refractivity contribution in [3.8, 4) is 0 Å². The average Bonchev–Trinajstić information content (AvgIpc) is 3.06. The van der Waals surface area contributed by atoms with E-state index < -0.39 is 76.1 Å². The van der Waals surface area contributed by atoms with E-state index in [1.54, 1.807) is 24.3 Å². The highest BCUT2D eigenvalue weighted by molar-refractivity contribution is 7.91. The smallest absolute Gasteiger partial charge is 0.289 e. The van der Waals surface area contributed by atoms with Gasteiger partial charge in [-0.15, -0.1) is 0 Å². The lowest BCUT2D eigenvalue weighted by atomic mass is 9.72. The molecule has 0 aliphatic heterocycles. The minimum absolute atomic E-state index is 0.164. The van der Waals surface area contributed by atoms with Crippen LogP contribution in [-0.4, -0.2) is 20.0 Å². The Morgan fingerprint density at radius 2 is 0.746 bits per heavy atom. The zero-order chi connectivity index (χ0) is 44.9. The van der Waals surface area contributed by atoms with Crippen molar-refractivity contribution >= 4 is 32.8 Å². The fourth-order valence-corrected chi connectivity index (χ4v) is 7.44. The van der Waals surface area contributed by atoms with Crippen LogP contribution >= 0.6 is 0 Å². The van der Waals surface area contributed by atoms with Gasteiger partial charge in [0.15, 0.2) is 11.6 Å². The molecule has 0 unspecified atom stereocenters. The minimum atomic E-state index is -5.14. The van der Waals surface area contributed by atoms with E-state index in [0.29, 0.717) is 33.4 Å². The summed E-state index contributed by atoms with van der Waals surface area (Å²) in [6, 6.07) is 3.67. The second-order valence-corrected chi connectivity index (χ2v) is 20.4. The number of rotatable bonds is 6. The summed E-state index contributed by atoms with van der Waals surface area (Å²) in [6.07, 6.45) is -1.61. The Hall–Kier alpha value is -5.05. The molecular formula is C44H48F6N4O4S. The SMILES string of the molecule is CC(C)(C)C1=CC(=CN=Nc2ccc(S(=O)(=O)c3ccc(N=NC=C4C=C(C(C)(C)C)C(=O)C(C(C)(C)C)=C4)c(C(F)(F)F)c3)cc2C(F)(F)F)C=C(C(C)(C)C)C1=O. The van der Waals surface area contributed by atoms with Crippen molar-refractivity contribution in [2.45, 2.75) is 105 Å². The summed E-state index contributed by atoms with van der Waals surface area (Å²) in [7, 11) is -4.97. The van der Waals surface area contributed by atoms with Crippen molar-refractivity contribution in [2.24, 2.45) is 42.1 Å². The standard InChI is InChI=1S/C44H48F6N4O4S/c1-39(2,3)31-17-25(18-32(37(31)55)40(4,5)6)23-51-53-35-15-13-27(21-29(35)43(45,46)47)59(57,58)28-14-16-36(30(22-28)44(48,49)50)54-52-24-26-19-33(41(7,8)9)38(56)34(20-26)42(10,11)12/h13-24H,1-12H3. The highest BCUT2D eigenvalue weighted by Crippen LogP contribution is 2.43. The molecule has 0 atom stereocenters. The maximum absolute atomic E-state index is 14.3. The molecule has 2 aliphatic rings. The number of allylic oxidation sites excluding steroid dienone is 10. The number of alkyl halides is 6. The molecule has 0 N–H and O–H groups in total. The van der Waals surface area contributed by atoms with Crippen LogP contribution in [-0.2, 0) is 31.8 Å². The Bertz CT molecular complexity index is 2200. The van der Waals surface area contributed by atoms with E-state index >= 15 is 0 Å². The molecule has 0 amide bonds. The summed E-state index contributed by atoms with van der Waals surface area (Å²) in [4.78, 5) is 24.6. The Morgan fingerprint density at radius 1 is 0.475 bits per heavy atom. The van der Waals surface area contributed by atoms with Crippen LogP contribution in [0.3, 0.4) is 0 Å². The van der Waals surface area contributed by atoms with Gasteiger partial charge in [-0.05, 0) is 93.5 Å². The van der Waals surface area contributed by atoms with Gasteiger partial charge in [-0.1, -0.05) is 83.1 Å². The van der Waals surface area contributed by atoms with Gasteiger partial charge in [-0.25, -0.2) is 8.42 Å². The lowest BCUT2D eigenvalue weighted by Gasteiger charge is -2.31. The average molecular weight is 843 g/mol. The van der Waals surface area contributed by atoms with Crippen LogP contribution in [0.4, 0.5) is 37.7 Å². The predicted octanol–water partition coefficient (Wildman–Crippen LogP) is 13.5. The van der Waals surface area contributed by atoms with E-state index in [1.165, 1.54) is 12.4 Å². The number of Topliss-reactive ketones (excluding diaryl/α,β-unsaturated/α-hetero) is 2. The van der Waals surface area contributed by atoms with Crippen LogP contribution in [0.25, 0.3) is 0 Å². The number of hydrogen-bond donors (Lipinski definition) is 0. The van der Waals surface area contributed by atoms with Gasteiger partial charge >= 0.3 is 12.4 Å². The molecule has 0 spiro atoms. The molecular weight excluding hydrogens is 795 g/mol. The number of azo groups is 2. The third-order valence-electron chi connectivity index (χ3n) is 9.37. The summed E-state index contributed by atoms with van der Waals surface area (Å²) in [6.45, 7) is 22.1. The van der Waals surface area contributed by atoms with E-state index in [-0.39, 0.29) is 23.7 Å². The summed E-state index contributed by atoms with van der Waals surface area (Å²) >= 11 is 0. The molecule has 59 heavy (non-hydrogen) atoms. The van der Waals surface area contributed by atoms with Crippen LogP contribution < -0.4 is 0 Å². The topological polar surface area (TPSA) is 118 Å². The molecule has 0 fully saturated rings. The van der Waals surface area contributed by atoms with Crippen molar-refractivity contribution in [1.29, 1.82) is 0 Å². The van der Waals surface area contributed by atoms with E-state index in [0.717, 1.165) is 24.3 Å². The van der Waals surface area contributed by atoms with Crippen LogP contribution in [0, 0.1) is 21.7 Å². The summed E-state index contributed by atoms with van der Waals surface area (Å²) in [5.41, 5.74) is -4.07. The number of carbonyl (C=O) groups is 2. The third kappa shape index (κ3) is 10.8.